The van der Waals surface area contributed by atoms with E-state index in [1.807, 2.05) is 0 Å². The summed E-state index contributed by atoms with van der Waals surface area (Å²) < 4.78 is 6.00. The topological polar surface area (TPSA) is 160 Å². The van der Waals surface area contributed by atoms with E-state index < -0.39 is 47.2 Å². The molecule has 2 aliphatic rings. The van der Waals surface area contributed by atoms with E-state index >= 15 is 0 Å². The zero-order valence-corrected chi connectivity index (χ0v) is 20.9. The number of anilines is 1. The largest absolute Gasteiger partial charge is 0.508 e. The van der Waals surface area contributed by atoms with Crippen LogP contribution in [0.2, 0.25) is 0 Å². The highest BCUT2D eigenvalue weighted by Gasteiger charge is 2.45. The van der Waals surface area contributed by atoms with Crippen molar-refractivity contribution in [3.63, 3.8) is 0 Å². The molecule has 194 valence electrons. The first-order valence-corrected chi connectivity index (χ1v) is 12.4. The Kier molecular flexibility index (Phi) is 7.22. The molecule has 2 heterocycles. The van der Waals surface area contributed by atoms with Crippen LogP contribution < -0.4 is 15.0 Å². The fourth-order valence-corrected chi connectivity index (χ4v) is 5.57. The molecule has 0 bridgehead atoms. The molecule has 6 N–H and O–H groups in total. The van der Waals surface area contributed by atoms with Gasteiger partial charge >= 0.3 is 6.03 Å². The average Bonchev–Trinajstić information content (AvgIpc) is 3.03. The highest BCUT2D eigenvalue weighted by atomic mass is 32.2. The molecule has 36 heavy (non-hydrogen) atoms. The predicted octanol–water partition coefficient (Wildman–Crippen LogP) is 1.02. The Morgan fingerprint density at radius 3 is 2.31 bits per heavy atom. The highest BCUT2D eigenvalue weighted by molar-refractivity contribution is 8.00. The number of benzene rings is 2. The third-order valence-electron chi connectivity index (χ3n) is 6.44. The van der Waals surface area contributed by atoms with Crippen LogP contribution in [0.4, 0.5) is 10.5 Å². The lowest BCUT2D eigenvalue weighted by Gasteiger charge is -2.39. The van der Waals surface area contributed by atoms with Gasteiger partial charge in [0, 0.05) is 18.1 Å². The summed E-state index contributed by atoms with van der Waals surface area (Å²) >= 11 is 1.00. The van der Waals surface area contributed by atoms with E-state index in [4.69, 9.17) is 4.74 Å². The molecule has 2 saturated heterocycles. The number of nitrogens with one attached hydrogen (secondary N) is 1. The zero-order valence-electron chi connectivity index (χ0n) is 20.1. The molecule has 4 rings (SSSR count). The van der Waals surface area contributed by atoms with Crippen LogP contribution in [0.15, 0.2) is 36.4 Å². The molecule has 10 nitrogen and oxygen atoms in total. The van der Waals surface area contributed by atoms with E-state index in [2.05, 4.69) is 5.32 Å². The molecular weight excluding hydrogens is 488 g/mol. The van der Waals surface area contributed by atoms with Crippen molar-refractivity contribution in [1.29, 1.82) is 0 Å². The number of amides is 3. The summed E-state index contributed by atoms with van der Waals surface area (Å²) in [5.74, 6) is -0.107. The summed E-state index contributed by atoms with van der Waals surface area (Å²) in [7, 11) is 0. The molecule has 11 heteroatoms. The Morgan fingerprint density at radius 1 is 1.06 bits per heavy atom. The van der Waals surface area contributed by atoms with E-state index in [9.17, 15) is 35.1 Å². The van der Waals surface area contributed by atoms with Crippen LogP contribution in [0.1, 0.15) is 30.5 Å². The summed E-state index contributed by atoms with van der Waals surface area (Å²) in [5.41, 5.74) is 0.737. The average molecular weight is 519 g/mol. The summed E-state index contributed by atoms with van der Waals surface area (Å²) in [4.78, 5) is 26.0. The van der Waals surface area contributed by atoms with Gasteiger partial charge in [0.2, 0.25) is 0 Å². The van der Waals surface area contributed by atoms with Gasteiger partial charge in [0.25, 0.3) is 5.91 Å². The molecule has 0 aliphatic carbocycles. The number of carbonyl (C=O) groups is 2. The van der Waals surface area contributed by atoms with Crippen LogP contribution >= 0.6 is 11.8 Å². The van der Waals surface area contributed by atoms with Gasteiger partial charge in [-0.3, -0.25) is 4.79 Å². The first-order chi connectivity index (χ1) is 16.9. The minimum absolute atomic E-state index is 0.0441. The number of thioether (sulfide) groups is 1. The quantitative estimate of drug-likeness (QED) is 0.307. The molecule has 2 aromatic carbocycles. The molecule has 0 aromatic heterocycles. The van der Waals surface area contributed by atoms with Gasteiger partial charge in [-0.15, -0.1) is 11.8 Å². The van der Waals surface area contributed by atoms with Gasteiger partial charge in [0.15, 0.2) is 5.44 Å². The molecule has 0 saturated carbocycles. The van der Waals surface area contributed by atoms with Crippen molar-refractivity contribution in [2.24, 2.45) is 0 Å². The Morgan fingerprint density at radius 2 is 1.72 bits per heavy atom. The summed E-state index contributed by atoms with van der Waals surface area (Å²) in [6.07, 6.45) is -3.86. The van der Waals surface area contributed by atoms with Crippen LogP contribution in [-0.2, 0) is 11.2 Å². The molecule has 5 atom stereocenters. The number of imide groups is 1. The van der Waals surface area contributed by atoms with Crippen LogP contribution in [0, 0.1) is 6.92 Å². The predicted molar refractivity (Wildman–Crippen MR) is 133 cm³/mol. The van der Waals surface area contributed by atoms with Crippen molar-refractivity contribution >= 4 is 29.4 Å². The van der Waals surface area contributed by atoms with Gasteiger partial charge in [-0.1, -0.05) is 12.1 Å². The summed E-state index contributed by atoms with van der Waals surface area (Å²) in [5, 5.41) is 52.3. The van der Waals surface area contributed by atoms with Gasteiger partial charge in [-0.25, -0.2) is 9.69 Å². The lowest BCUT2D eigenvalue weighted by molar-refractivity contribution is -0.121. The van der Waals surface area contributed by atoms with E-state index in [0.29, 0.717) is 17.7 Å². The SMILES string of the molecule is Cc1cc(O)cc(OC2S[C@H](CO)[C@@H](O)[C@H](O)[C@H]2O)c1Cc1ccc(N2C(=O)NC(C)(C)C2=O)cc1. The zero-order chi connectivity index (χ0) is 26.4. The lowest BCUT2D eigenvalue weighted by atomic mass is 9.98. The standard InChI is InChI=1S/C25H30N2O8S/c1-12-8-15(29)10-17(35-22-21(32)20(31)19(30)18(11-28)36-22)16(12)9-13-4-6-14(7-5-13)27-23(33)25(2,3)26-24(27)34/h4-8,10,18-22,28-32H,9,11H2,1-3H3,(H,26,34)/t18-,19-,20+,21-,22?/m1/s1. The van der Waals surface area contributed by atoms with Crippen molar-refractivity contribution in [3.8, 4) is 11.5 Å². The number of hydrogen-bond acceptors (Lipinski definition) is 9. The van der Waals surface area contributed by atoms with Crippen LogP contribution in [0.25, 0.3) is 0 Å². The van der Waals surface area contributed by atoms with Crippen molar-refractivity contribution in [2.45, 2.75) is 61.7 Å². The molecule has 0 radical (unpaired) electrons. The fourth-order valence-electron chi connectivity index (χ4n) is 4.34. The minimum Gasteiger partial charge on any atom is -0.508 e. The van der Waals surface area contributed by atoms with Gasteiger partial charge in [-0.2, -0.15) is 0 Å². The molecule has 2 aliphatic heterocycles. The van der Waals surface area contributed by atoms with Crippen LogP contribution in [0.5, 0.6) is 11.5 Å². The number of ether oxygens (including phenoxy) is 1. The van der Waals surface area contributed by atoms with E-state index in [0.717, 1.165) is 27.8 Å². The number of phenolic OH excluding ortho intramolecular Hbond substituents is 1. The maximum atomic E-state index is 12.6. The second kappa shape index (κ2) is 9.91. The van der Waals surface area contributed by atoms with Gasteiger partial charge in [0.1, 0.15) is 29.2 Å². The van der Waals surface area contributed by atoms with E-state index in [1.165, 1.54) is 6.07 Å². The molecule has 3 amide bonds. The fraction of sp³-hybridized carbons (Fsp3) is 0.440. The van der Waals surface area contributed by atoms with Crippen molar-refractivity contribution < 1.29 is 39.9 Å². The second-order valence-electron chi connectivity index (χ2n) is 9.59. The number of phenols is 1. The first kappa shape index (κ1) is 26.2. The maximum absolute atomic E-state index is 12.6. The molecule has 2 fully saturated rings. The molecule has 2 aromatic rings. The number of carbonyl (C=O) groups excluding carboxylic acids is 2. The summed E-state index contributed by atoms with van der Waals surface area (Å²) in [6.45, 7) is 4.66. The van der Waals surface area contributed by atoms with Gasteiger partial charge in [-0.05, 0) is 50.1 Å². The number of aliphatic hydroxyl groups excluding tert-OH is 4. The Labute approximate surface area is 212 Å². The minimum atomic E-state index is -1.50. The number of aliphatic hydroxyl groups is 4. The van der Waals surface area contributed by atoms with Gasteiger partial charge in [0.05, 0.1) is 23.6 Å². The van der Waals surface area contributed by atoms with Crippen LogP contribution in [-0.4, -0.2) is 78.6 Å². The third kappa shape index (κ3) is 4.89. The number of aromatic hydroxyl groups is 1. The van der Waals surface area contributed by atoms with E-state index in [1.54, 1.807) is 51.1 Å². The Balaban J connectivity index is 1.57. The second-order valence-corrected chi connectivity index (χ2v) is 10.9. The van der Waals surface area contributed by atoms with Crippen LogP contribution in [0.3, 0.4) is 0 Å². The lowest BCUT2D eigenvalue weighted by Crippen LogP contribution is -2.55. The van der Waals surface area contributed by atoms with Crippen molar-refractivity contribution in [3.05, 3.63) is 53.1 Å². The number of urea groups is 1. The third-order valence-corrected chi connectivity index (χ3v) is 7.86. The maximum Gasteiger partial charge on any atom is 0.329 e. The Hall–Kier alpha value is -2.83. The monoisotopic (exact) mass is 518 g/mol. The molecular formula is C25H30N2O8S. The molecule has 1 unspecified atom stereocenters. The first-order valence-electron chi connectivity index (χ1n) is 11.5. The van der Waals surface area contributed by atoms with E-state index in [-0.39, 0.29) is 17.4 Å². The van der Waals surface area contributed by atoms with Crippen molar-refractivity contribution in [1.82, 2.24) is 5.32 Å². The number of rotatable bonds is 6. The number of aryl methyl sites for hydroxylation is 1. The Bertz CT molecular complexity index is 1150. The smallest absolute Gasteiger partial charge is 0.329 e. The number of nitrogens with zero attached hydrogens (tertiary/aromatic N) is 1. The van der Waals surface area contributed by atoms with Crippen molar-refractivity contribution in [2.75, 3.05) is 11.5 Å². The molecule has 0 spiro atoms. The highest BCUT2D eigenvalue weighted by Crippen LogP contribution is 2.38. The number of hydrogen-bond donors (Lipinski definition) is 6. The van der Waals surface area contributed by atoms with Gasteiger partial charge < -0.3 is 35.6 Å². The summed E-state index contributed by atoms with van der Waals surface area (Å²) in [6, 6.07) is 9.41. The normalized spacial score (nSPS) is 27.8.